The second kappa shape index (κ2) is 17.0. The first-order valence-electron chi connectivity index (χ1n) is 15.1. The zero-order valence-corrected chi connectivity index (χ0v) is 28.9. The van der Waals surface area contributed by atoms with E-state index in [2.05, 4.69) is 39.5 Å². The van der Waals surface area contributed by atoms with Crippen LogP contribution < -0.4 is 28.4 Å². The monoisotopic (exact) mass is 706 g/mol. The van der Waals surface area contributed by atoms with Crippen molar-refractivity contribution in [1.82, 2.24) is 0 Å². The maximum atomic E-state index is 12.9. The first-order chi connectivity index (χ1) is 24.4. The van der Waals surface area contributed by atoms with E-state index in [-0.39, 0.29) is 79.0 Å². The minimum absolute atomic E-state index is 0.0373. The van der Waals surface area contributed by atoms with E-state index in [1.807, 2.05) is 0 Å². The molecule has 266 valence electrons. The Kier molecular flexibility index (Phi) is 12.9. The van der Waals surface area contributed by atoms with Crippen molar-refractivity contribution >= 4 is 35.8 Å². The SMILES string of the molecule is C=CC(=O)Oc1ccc(-c2cc(OC(=O)C(=C)C)c(-c3ccc(OC(=O)C(=C)C)c(OC(=O)C(=C)C)c3)cc2OC(=O)C(=C)C)cc1OC(=O)C=C. The van der Waals surface area contributed by atoms with Crippen molar-refractivity contribution in [2.45, 2.75) is 27.7 Å². The molecule has 52 heavy (non-hydrogen) atoms. The molecule has 0 amide bonds. The van der Waals surface area contributed by atoms with E-state index in [1.54, 1.807) is 0 Å². The van der Waals surface area contributed by atoms with Gasteiger partial charge in [-0.05, 0) is 75.2 Å². The number of hydrogen-bond acceptors (Lipinski definition) is 12. The van der Waals surface area contributed by atoms with Crippen LogP contribution in [0.3, 0.4) is 0 Å². The van der Waals surface area contributed by atoms with Crippen LogP contribution in [0.2, 0.25) is 0 Å². The fourth-order valence-corrected chi connectivity index (χ4v) is 3.91. The molecule has 0 aromatic heterocycles. The van der Waals surface area contributed by atoms with Gasteiger partial charge in [0.2, 0.25) is 0 Å². The zero-order chi connectivity index (χ0) is 38.9. The van der Waals surface area contributed by atoms with Gasteiger partial charge in [0.05, 0.1) is 0 Å². The Morgan fingerprint density at radius 2 is 0.712 bits per heavy atom. The number of esters is 6. The van der Waals surface area contributed by atoms with Crippen LogP contribution >= 0.6 is 0 Å². The summed E-state index contributed by atoms with van der Waals surface area (Å²) >= 11 is 0. The topological polar surface area (TPSA) is 158 Å². The molecule has 0 saturated heterocycles. The van der Waals surface area contributed by atoms with E-state index in [4.69, 9.17) is 28.4 Å². The lowest BCUT2D eigenvalue weighted by molar-refractivity contribution is -0.132. The molecule has 0 unspecified atom stereocenters. The molecule has 0 saturated carbocycles. The summed E-state index contributed by atoms with van der Waals surface area (Å²) < 4.78 is 32.8. The van der Waals surface area contributed by atoms with Crippen LogP contribution in [-0.4, -0.2) is 35.8 Å². The number of rotatable bonds is 14. The molecule has 0 bridgehead atoms. The molecule has 3 aromatic rings. The van der Waals surface area contributed by atoms with Gasteiger partial charge in [-0.2, -0.15) is 0 Å². The molecule has 0 atom stereocenters. The third kappa shape index (κ3) is 9.98. The molecule has 0 heterocycles. The molecule has 12 nitrogen and oxygen atoms in total. The van der Waals surface area contributed by atoms with Crippen LogP contribution in [0.25, 0.3) is 22.3 Å². The van der Waals surface area contributed by atoms with Crippen LogP contribution in [0.1, 0.15) is 27.7 Å². The second-order valence-corrected chi connectivity index (χ2v) is 11.1. The second-order valence-electron chi connectivity index (χ2n) is 11.1. The van der Waals surface area contributed by atoms with Crippen molar-refractivity contribution in [2.24, 2.45) is 0 Å². The Labute approximate surface area is 299 Å². The van der Waals surface area contributed by atoms with Crippen LogP contribution in [-0.2, 0) is 28.8 Å². The van der Waals surface area contributed by atoms with Crippen molar-refractivity contribution in [3.05, 3.63) is 122 Å². The van der Waals surface area contributed by atoms with E-state index in [9.17, 15) is 28.8 Å². The number of carbonyl (C=O) groups is 6. The average molecular weight is 707 g/mol. The number of benzene rings is 3. The molecule has 0 aliphatic heterocycles. The lowest BCUT2D eigenvalue weighted by Gasteiger charge is -2.19. The van der Waals surface area contributed by atoms with Gasteiger partial charge in [-0.15, -0.1) is 0 Å². The quantitative estimate of drug-likeness (QED) is 0.0950. The van der Waals surface area contributed by atoms with Gasteiger partial charge in [-0.3, -0.25) is 0 Å². The largest absolute Gasteiger partial charge is 0.423 e. The Bertz CT molecular complexity index is 2100. The highest BCUT2D eigenvalue weighted by atomic mass is 16.6. The van der Waals surface area contributed by atoms with Crippen molar-refractivity contribution in [2.75, 3.05) is 0 Å². The van der Waals surface area contributed by atoms with Gasteiger partial charge in [0, 0.05) is 45.6 Å². The fraction of sp³-hybridized carbons (Fsp3) is 0.100. The van der Waals surface area contributed by atoms with Crippen molar-refractivity contribution in [1.29, 1.82) is 0 Å². The summed E-state index contributed by atoms with van der Waals surface area (Å²) in [7, 11) is 0. The molecule has 0 fully saturated rings. The van der Waals surface area contributed by atoms with E-state index in [0.29, 0.717) is 0 Å². The lowest BCUT2D eigenvalue weighted by atomic mass is 9.97. The minimum atomic E-state index is -0.881. The Morgan fingerprint density at radius 1 is 0.423 bits per heavy atom. The summed E-state index contributed by atoms with van der Waals surface area (Å²) in [6.07, 6.45) is 1.80. The Hall–Kier alpha value is -7.08. The number of carbonyl (C=O) groups excluding carboxylic acids is 6. The van der Waals surface area contributed by atoms with E-state index >= 15 is 0 Å². The Morgan fingerprint density at radius 3 is 1.06 bits per heavy atom. The van der Waals surface area contributed by atoms with Gasteiger partial charge in [0.25, 0.3) is 0 Å². The first-order valence-corrected chi connectivity index (χ1v) is 15.1. The fourth-order valence-electron chi connectivity index (χ4n) is 3.91. The maximum Gasteiger partial charge on any atom is 0.338 e. The van der Waals surface area contributed by atoms with Crippen molar-refractivity contribution < 1.29 is 57.2 Å². The van der Waals surface area contributed by atoms with Crippen molar-refractivity contribution in [3.8, 4) is 56.8 Å². The third-order valence-corrected chi connectivity index (χ3v) is 6.55. The van der Waals surface area contributed by atoms with Gasteiger partial charge in [0.15, 0.2) is 23.0 Å². The summed E-state index contributed by atoms with van der Waals surface area (Å²) in [5, 5.41) is 0. The molecular formula is C40H34O12. The highest BCUT2D eigenvalue weighted by Gasteiger charge is 2.24. The predicted molar refractivity (Wildman–Crippen MR) is 191 cm³/mol. The van der Waals surface area contributed by atoms with Gasteiger partial charge < -0.3 is 28.4 Å². The first kappa shape index (κ1) is 39.4. The molecule has 0 aliphatic carbocycles. The smallest absolute Gasteiger partial charge is 0.338 e. The highest BCUT2D eigenvalue weighted by molar-refractivity contribution is 5.95. The normalized spacial score (nSPS) is 10.1. The van der Waals surface area contributed by atoms with Gasteiger partial charge >= 0.3 is 35.8 Å². The van der Waals surface area contributed by atoms with Crippen LogP contribution in [0.15, 0.2) is 122 Å². The van der Waals surface area contributed by atoms with E-state index in [1.165, 1.54) is 76.2 Å². The summed E-state index contributed by atoms with van der Waals surface area (Å²) in [6.45, 7) is 26.8. The van der Waals surface area contributed by atoms with Gasteiger partial charge in [0.1, 0.15) is 11.5 Å². The standard InChI is InChI=1S/C40H34O12/c1-11-35(41)47-29-15-13-25(17-33(29)48-36(42)12-2)27-19-32(51-39(45)23(7)8)28(20-31(27)50-38(44)22(5)6)26-14-16-30(49-37(43)21(3)4)34(18-26)52-40(46)24(9)10/h11-20H,1-3,5,7,9H2,4,6,8,10H3. The number of hydrogen-bond donors (Lipinski definition) is 0. The molecule has 0 spiro atoms. The van der Waals surface area contributed by atoms with E-state index in [0.717, 1.165) is 12.2 Å². The summed E-state index contributed by atoms with van der Waals surface area (Å²) in [6, 6.07) is 10.9. The van der Waals surface area contributed by atoms with Crippen molar-refractivity contribution in [3.63, 3.8) is 0 Å². The molecule has 0 N–H and O–H groups in total. The molecule has 3 aromatic carbocycles. The minimum Gasteiger partial charge on any atom is -0.423 e. The maximum absolute atomic E-state index is 12.9. The predicted octanol–water partition coefficient (Wildman–Crippen LogP) is 7.13. The molecule has 0 radical (unpaired) electrons. The van der Waals surface area contributed by atoms with Gasteiger partial charge in [-0.25, -0.2) is 28.8 Å². The summed E-state index contributed by atoms with van der Waals surface area (Å²) in [5.41, 5.74) is 0.905. The molecule has 0 aliphatic rings. The third-order valence-electron chi connectivity index (χ3n) is 6.55. The zero-order valence-electron chi connectivity index (χ0n) is 28.9. The van der Waals surface area contributed by atoms with Gasteiger partial charge in [-0.1, -0.05) is 51.6 Å². The number of ether oxygens (including phenoxy) is 6. The summed E-state index contributed by atoms with van der Waals surface area (Å²) in [4.78, 5) is 75.0. The Balaban J connectivity index is 2.41. The average Bonchev–Trinajstić information content (AvgIpc) is 3.09. The molecule has 12 heteroatoms. The van der Waals surface area contributed by atoms with Crippen LogP contribution in [0, 0.1) is 0 Å². The van der Waals surface area contributed by atoms with E-state index < -0.39 is 35.8 Å². The van der Waals surface area contributed by atoms with Crippen LogP contribution in [0.5, 0.6) is 34.5 Å². The van der Waals surface area contributed by atoms with Crippen LogP contribution in [0.4, 0.5) is 0 Å². The molecule has 3 rings (SSSR count). The molecular weight excluding hydrogens is 672 g/mol. The highest BCUT2D eigenvalue weighted by Crippen LogP contribution is 2.45. The summed E-state index contributed by atoms with van der Waals surface area (Å²) in [5.74, 6) is -5.93. The lowest BCUT2D eigenvalue weighted by Crippen LogP contribution is -2.13.